The molecule has 4 aromatic carbocycles. The molecule has 0 aliphatic heterocycles. The molecule has 1 N–H and O–H groups in total. The lowest BCUT2D eigenvalue weighted by Gasteiger charge is -2.15. The molecule has 0 aromatic heterocycles. The van der Waals surface area contributed by atoms with E-state index < -0.39 is 7.37 Å². The Morgan fingerprint density at radius 3 is 1.48 bits per heavy atom. The Labute approximate surface area is 147 Å². The summed E-state index contributed by atoms with van der Waals surface area (Å²) in [5, 5.41) is 4.31. The van der Waals surface area contributed by atoms with Crippen LogP contribution in [0.4, 0.5) is 0 Å². The van der Waals surface area contributed by atoms with E-state index >= 15 is 0 Å². The SMILES string of the molecule is O=P(O)(Cc1cccc2ccccc12)Cc1cccc2ccccc12. The molecule has 0 amide bonds. The summed E-state index contributed by atoms with van der Waals surface area (Å²) in [6.45, 7) is 0. The minimum atomic E-state index is -3.35. The van der Waals surface area contributed by atoms with Gasteiger partial charge >= 0.3 is 0 Å². The third-order valence-electron chi connectivity index (χ3n) is 4.59. The molecular weight excluding hydrogens is 327 g/mol. The Morgan fingerprint density at radius 2 is 1.00 bits per heavy atom. The van der Waals surface area contributed by atoms with E-state index in [0.717, 1.165) is 32.7 Å². The molecule has 4 aromatic rings. The van der Waals surface area contributed by atoms with Crippen molar-refractivity contribution in [2.45, 2.75) is 12.3 Å². The quantitative estimate of drug-likeness (QED) is 0.463. The van der Waals surface area contributed by atoms with Crippen molar-refractivity contribution in [2.24, 2.45) is 0 Å². The first-order chi connectivity index (χ1) is 12.1. The first kappa shape index (κ1) is 16.1. The zero-order valence-electron chi connectivity index (χ0n) is 13.8. The minimum absolute atomic E-state index is 0.192. The van der Waals surface area contributed by atoms with E-state index in [9.17, 15) is 9.46 Å². The van der Waals surface area contributed by atoms with Gasteiger partial charge in [-0.1, -0.05) is 84.9 Å². The number of rotatable bonds is 4. The molecule has 0 radical (unpaired) electrons. The van der Waals surface area contributed by atoms with Gasteiger partial charge in [0.1, 0.15) is 0 Å². The molecule has 0 atom stereocenters. The van der Waals surface area contributed by atoms with Gasteiger partial charge in [-0.05, 0) is 32.7 Å². The van der Waals surface area contributed by atoms with Crippen LogP contribution in [0.3, 0.4) is 0 Å². The minimum Gasteiger partial charge on any atom is -0.344 e. The summed E-state index contributed by atoms with van der Waals surface area (Å²) in [6.07, 6.45) is 0.384. The van der Waals surface area contributed by atoms with Gasteiger partial charge in [0.15, 0.2) is 0 Å². The average Bonchev–Trinajstić information content (AvgIpc) is 2.62. The van der Waals surface area contributed by atoms with Gasteiger partial charge in [-0.25, -0.2) is 0 Å². The summed E-state index contributed by atoms with van der Waals surface area (Å²) in [4.78, 5) is 10.7. The van der Waals surface area contributed by atoms with Gasteiger partial charge in [0.2, 0.25) is 7.37 Å². The summed E-state index contributed by atoms with van der Waals surface area (Å²) < 4.78 is 13.0. The van der Waals surface area contributed by atoms with Crippen LogP contribution in [-0.2, 0) is 16.9 Å². The lowest BCUT2D eigenvalue weighted by atomic mass is 10.1. The zero-order chi connectivity index (χ0) is 17.3. The maximum absolute atomic E-state index is 13.0. The van der Waals surface area contributed by atoms with Crippen molar-refractivity contribution in [3.63, 3.8) is 0 Å². The summed E-state index contributed by atoms with van der Waals surface area (Å²) in [6, 6.07) is 27.9. The van der Waals surface area contributed by atoms with Crippen LogP contribution < -0.4 is 0 Å². The smallest absolute Gasteiger partial charge is 0.209 e. The Bertz CT molecular complexity index is 1010. The van der Waals surface area contributed by atoms with E-state index in [2.05, 4.69) is 0 Å². The molecule has 3 heteroatoms. The largest absolute Gasteiger partial charge is 0.344 e. The Kier molecular flexibility index (Phi) is 4.17. The maximum Gasteiger partial charge on any atom is 0.209 e. The van der Waals surface area contributed by atoms with Crippen molar-refractivity contribution < 1.29 is 9.46 Å². The second-order valence-electron chi connectivity index (χ2n) is 6.44. The van der Waals surface area contributed by atoms with Crippen molar-refractivity contribution in [1.29, 1.82) is 0 Å². The van der Waals surface area contributed by atoms with Gasteiger partial charge in [0, 0.05) is 0 Å². The molecule has 0 heterocycles. The van der Waals surface area contributed by atoms with E-state index in [0.29, 0.717) is 0 Å². The average molecular weight is 346 g/mol. The highest BCUT2D eigenvalue weighted by molar-refractivity contribution is 7.56. The van der Waals surface area contributed by atoms with Crippen LogP contribution in [0, 0.1) is 0 Å². The fourth-order valence-electron chi connectivity index (χ4n) is 3.45. The molecule has 0 unspecified atom stereocenters. The topological polar surface area (TPSA) is 37.3 Å². The van der Waals surface area contributed by atoms with E-state index in [-0.39, 0.29) is 12.3 Å². The van der Waals surface area contributed by atoms with Crippen LogP contribution in [0.15, 0.2) is 84.9 Å². The van der Waals surface area contributed by atoms with Crippen molar-refractivity contribution in [3.05, 3.63) is 96.1 Å². The highest BCUT2D eigenvalue weighted by Gasteiger charge is 2.21. The molecule has 0 aliphatic rings. The normalized spacial score (nSPS) is 11.9. The number of hydrogen-bond acceptors (Lipinski definition) is 1. The first-order valence-electron chi connectivity index (χ1n) is 8.36. The Balaban J connectivity index is 1.69. The first-order valence-corrected chi connectivity index (χ1v) is 10.4. The van der Waals surface area contributed by atoms with Crippen LogP contribution >= 0.6 is 7.37 Å². The van der Waals surface area contributed by atoms with Gasteiger partial charge in [-0.3, -0.25) is 4.57 Å². The van der Waals surface area contributed by atoms with Crippen molar-refractivity contribution in [3.8, 4) is 0 Å². The van der Waals surface area contributed by atoms with Crippen molar-refractivity contribution in [2.75, 3.05) is 0 Å². The summed E-state index contributed by atoms with van der Waals surface area (Å²) >= 11 is 0. The molecular formula is C22H19O2P. The van der Waals surface area contributed by atoms with Gasteiger partial charge in [-0.2, -0.15) is 0 Å². The highest BCUT2D eigenvalue weighted by Crippen LogP contribution is 2.49. The summed E-state index contributed by atoms with van der Waals surface area (Å²) in [7, 11) is -3.35. The molecule has 0 aliphatic carbocycles. The fourth-order valence-corrected chi connectivity index (χ4v) is 5.18. The van der Waals surface area contributed by atoms with E-state index in [4.69, 9.17) is 0 Å². The second kappa shape index (κ2) is 6.48. The number of benzene rings is 4. The molecule has 0 saturated heterocycles. The number of fused-ring (bicyclic) bond motifs is 2. The molecule has 0 bridgehead atoms. The zero-order valence-corrected chi connectivity index (χ0v) is 14.7. The van der Waals surface area contributed by atoms with E-state index in [1.165, 1.54) is 0 Å². The van der Waals surface area contributed by atoms with Gasteiger partial charge in [0.25, 0.3) is 0 Å². The van der Waals surface area contributed by atoms with Gasteiger partial charge < -0.3 is 4.89 Å². The standard InChI is InChI=1S/C22H19O2P/c23-25(24,15-19-11-5-9-17-7-1-3-13-21(17)19)16-20-12-6-10-18-8-2-4-14-22(18)20/h1-14H,15-16H2,(H,23,24). The fraction of sp³-hybridized carbons (Fsp3) is 0.0909. The summed E-state index contributed by atoms with van der Waals surface area (Å²) in [5.41, 5.74) is 1.87. The molecule has 25 heavy (non-hydrogen) atoms. The molecule has 0 spiro atoms. The summed E-state index contributed by atoms with van der Waals surface area (Å²) in [5.74, 6) is 0. The Morgan fingerprint density at radius 1 is 0.600 bits per heavy atom. The lowest BCUT2D eigenvalue weighted by Crippen LogP contribution is -1.95. The van der Waals surface area contributed by atoms with Crippen LogP contribution in [-0.4, -0.2) is 4.89 Å². The van der Waals surface area contributed by atoms with E-state index in [1.54, 1.807) is 0 Å². The molecule has 0 fully saturated rings. The van der Waals surface area contributed by atoms with Crippen LogP contribution in [0.25, 0.3) is 21.5 Å². The molecule has 2 nitrogen and oxygen atoms in total. The van der Waals surface area contributed by atoms with Crippen LogP contribution in [0.2, 0.25) is 0 Å². The lowest BCUT2D eigenvalue weighted by molar-refractivity contribution is 0.476. The predicted molar refractivity (Wildman–Crippen MR) is 105 cm³/mol. The second-order valence-corrected chi connectivity index (χ2v) is 8.76. The van der Waals surface area contributed by atoms with Crippen molar-refractivity contribution >= 4 is 28.9 Å². The monoisotopic (exact) mass is 346 g/mol. The van der Waals surface area contributed by atoms with E-state index in [1.807, 2.05) is 84.9 Å². The maximum atomic E-state index is 13.0. The third-order valence-corrected chi connectivity index (χ3v) is 6.26. The molecule has 124 valence electrons. The van der Waals surface area contributed by atoms with Crippen LogP contribution in [0.5, 0.6) is 0 Å². The molecule has 4 rings (SSSR count). The number of hydrogen-bond donors (Lipinski definition) is 1. The van der Waals surface area contributed by atoms with Crippen molar-refractivity contribution in [1.82, 2.24) is 0 Å². The van der Waals surface area contributed by atoms with Gasteiger partial charge in [0.05, 0.1) is 12.3 Å². The molecule has 0 saturated carbocycles. The third kappa shape index (κ3) is 3.37. The van der Waals surface area contributed by atoms with Gasteiger partial charge in [-0.15, -0.1) is 0 Å². The van der Waals surface area contributed by atoms with Crippen LogP contribution in [0.1, 0.15) is 11.1 Å². The predicted octanol–water partition coefficient (Wildman–Crippen LogP) is 5.96. The highest BCUT2D eigenvalue weighted by atomic mass is 31.2. The Hall–Kier alpha value is -2.41.